The molecule has 18 heavy (non-hydrogen) atoms. The minimum atomic E-state index is -2.80. The second-order valence-corrected chi connectivity index (χ2v) is 6.25. The van der Waals surface area contributed by atoms with Crippen molar-refractivity contribution in [3.05, 3.63) is 0 Å². The highest BCUT2D eigenvalue weighted by Crippen LogP contribution is 2.49. The Morgan fingerprint density at radius 3 is 1.56 bits per heavy atom. The average Bonchev–Trinajstić information content (AvgIpc) is 2.27. The van der Waals surface area contributed by atoms with E-state index < -0.39 is 7.60 Å². The normalized spacial score (nSPS) is 10.6. The standard InChI is InChI=1S/C12H27O3P.CH4.H2O/c1-4-7-10-14-16(13,12-9-6-3)15-11-8-5-2;;/h4-12H2,1-3H3;1H4;1H2. The summed E-state index contributed by atoms with van der Waals surface area (Å²) in [5, 5.41) is 0. The van der Waals surface area contributed by atoms with Crippen molar-refractivity contribution < 1.29 is 19.1 Å². The van der Waals surface area contributed by atoms with Crippen molar-refractivity contribution in [1.29, 1.82) is 0 Å². The lowest BCUT2D eigenvalue weighted by molar-refractivity contribution is 0.199. The van der Waals surface area contributed by atoms with E-state index >= 15 is 0 Å². The van der Waals surface area contributed by atoms with Gasteiger partial charge < -0.3 is 14.5 Å². The highest BCUT2D eigenvalue weighted by Gasteiger charge is 2.23. The van der Waals surface area contributed by atoms with Crippen molar-refractivity contribution >= 4 is 7.60 Å². The summed E-state index contributed by atoms with van der Waals surface area (Å²) in [6.45, 7) is 7.40. The first-order valence-corrected chi connectivity index (χ1v) is 8.29. The lowest BCUT2D eigenvalue weighted by Gasteiger charge is -2.18. The summed E-state index contributed by atoms with van der Waals surface area (Å²) < 4.78 is 23.2. The predicted molar refractivity (Wildman–Crippen MR) is 79.4 cm³/mol. The Morgan fingerprint density at radius 2 is 1.22 bits per heavy atom. The molecule has 0 spiro atoms. The summed E-state index contributed by atoms with van der Waals surface area (Å²) in [5.41, 5.74) is 0. The number of hydrogen-bond donors (Lipinski definition) is 0. The van der Waals surface area contributed by atoms with Gasteiger partial charge in [0, 0.05) is 0 Å². The molecule has 0 heterocycles. The van der Waals surface area contributed by atoms with Gasteiger partial charge >= 0.3 is 7.60 Å². The Labute approximate surface area is 113 Å². The molecule has 4 nitrogen and oxygen atoms in total. The second kappa shape index (κ2) is 15.2. The molecule has 0 radical (unpaired) electrons. The molecule has 0 amide bonds. The maximum absolute atomic E-state index is 12.3. The molecule has 0 saturated heterocycles. The summed E-state index contributed by atoms with van der Waals surface area (Å²) >= 11 is 0. The molecule has 0 aliphatic rings. The molecule has 0 unspecified atom stereocenters. The van der Waals surface area contributed by atoms with Crippen LogP contribution in [0, 0.1) is 0 Å². The number of unbranched alkanes of at least 4 members (excludes halogenated alkanes) is 3. The van der Waals surface area contributed by atoms with E-state index in [-0.39, 0.29) is 12.9 Å². The fourth-order valence-electron chi connectivity index (χ4n) is 1.21. The van der Waals surface area contributed by atoms with Gasteiger partial charge in [0.15, 0.2) is 0 Å². The molecule has 114 valence electrons. The molecule has 0 bridgehead atoms. The van der Waals surface area contributed by atoms with Crippen LogP contribution in [-0.4, -0.2) is 24.9 Å². The first kappa shape index (κ1) is 23.2. The van der Waals surface area contributed by atoms with Gasteiger partial charge in [0.25, 0.3) is 0 Å². The molecule has 0 aromatic rings. The Hall–Kier alpha value is 0.110. The van der Waals surface area contributed by atoms with Crippen LogP contribution in [0.15, 0.2) is 0 Å². The highest BCUT2D eigenvalue weighted by atomic mass is 31.2. The largest absolute Gasteiger partial charge is 0.412 e. The number of hydrogen-bond acceptors (Lipinski definition) is 3. The smallest absolute Gasteiger partial charge is 0.330 e. The summed E-state index contributed by atoms with van der Waals surface area (Å²) in [4.78, 5) is 0. The van der Waals surface area contributed by atoms with Crippen LogP contribution in [0.2, 0.25) is 0 Å². The van der Waals surface area contributed by atoms with E-state index in [0.717, 1.165) is 38.5 Å². The first-order chi connectivity index (χ1) is 7.68. The topological polar surface area (TPSA) is 67.0 Å². The molecule has 0 atom stereocenters. The van der Waals surface area contributed by atoms with Crippen molar-refractivity contribution in [3.8, 4) is 0 Å². The molecule has 5 heteroatoms. The molecule has 0 aromatic heterocycles. The minimum Gasteiger partial charge on any atom is -0.412 e. The van der Waals surface area contributed by atoms with Crippen molar-refractivity contribution in [2.24, 2.45) is 0 Å². The zero-order valence-corrected chi connectivity index (χ0v) is 12.4. The van der Waals surface area contributed by atoms with Crippen molar-refractivity contribution in [2.45, 2.75) is 66.7 Å². The average molecular weight is 284 g/mol. The quantitative estimate of drug-likeness (QED) is 0.416. The Morgan fingerprint density at radius 1 is 0.833 bits per heavy atom. The van der Waals surface area contributed by atoms with Crippen molar-refractivity contribution in [2.75, 3.05) is 19.4 Å². The van der Waals surface area contributed by atoms with E-state index in [0.29, 0.717) is 19.4 Å². The van der Waals surface area contributed by atoms with E-state index in [1.807, 2.05) is 0 Å². The summed E-state index contributed by atoms with van der Waals surface area (Å²) in [5.74, 6) is 0. The first-order valence-electron chi connectivity index (χ1n) is 6.56. The zero-order valence-electron chi connectivity index (χ0n) is 11.5. The van der Waals surface area contributed by atoms with Crippen LogP contribution in [0.1, 0.15) is 66.7 Å². The molecular formula is C13H33O4P. The van der Waals surface area contributed by atoms with Crippen LogP contribution in [0.4, 0.5) is 0 Å². The maximum Gasteiger partial charge on any atom is 0.330 e. The fraction of sp³-hybridized carbons (Fsp3) is 1.00. The van der Waals surface area contributed by atoms with Crippen LogP contribution < -0.4 is 0 Å². The van der Waals surface area contributed by atoms with E-state index in [1.165, 1.54) is 0 Å². The lowest BCUT2D eigenvalue weighted by atomic mass is 10.4. The van der Waals surface area contributed by atoms with Crippen LogP contribution in [0.5, 0.6) is 0 Å². The van der Waals surface area contributed by atoms with Gasteiger partial charge in [-0.25, -0.2) is 0 Å². The monoisotopic (exact) mass is 284 g/mol. The van der Waals surface area contributed by atoms with E-state index in [9.17, 15) is 4.57 Å². The SMILES string of the molecule is C.CCCCOP(=O)(CCCC)OCCCC.O. The summed E-state index contributed by atoms with van der Waals surface area (Å²) in [6, 6.07) is 0. The van der Waals surface area contributed by atoms with Gasteiger partial charge in [0.2, 0.25) is 0 Å². The van der Waals surface area contributed by atoms with Crippen LogP contribution in [0.25, 0.3) is 0 Å². The summed E-state index contributed by atoms with van der Waals surface area (Å²) in [6.07, 6.45) is 6.52. The van der Waals surface area contributed by atoms with Gasteiger partial charge in [-0.05, 0) is 19.3 Å². The molecule has 0 aromatic carbocycles. The Bertz CT molecular complexity index is 183. The van der Waals surface area contributed by atoms with Gasteiger partial charge in [-0.1, -0.05) is 47.5 Å². The molecule has 0 rings (SSSR count). The third kappa shape index (κ3) is 12.6. The van der Waals surface area contributed by atoms with Gasteiger partial charge in [-0.3, -0.25) is 4.57 Å². The van der Waals surface area contributed by atoms with E-state index in [1.54, 1.807) is 0 Å². The van der Waals surface area contributed by atoms with Gasteiger partial charge in [0.1, 0.15) is 0 Å². The molecule has 0 aliphatic heterocycles. The van der Waals surface area contributed by atoms with Crippen molar-refractivity contribution in [3.63, 3.8) is 0 Å². The van der Waals surface area contributed by atoms with Crippen LogP contribution in [0.3, 0.4) is 0 Å². The van der Waals surface area contributed by atoms with Gasteiger partial charge in [-0.2, -0.15) is 0 Å². The minimum absolute atomic E-state index is 0. The van der Waals surface area contributed by atoms with Gasteiger partial charge in [-0.15, -0.1) is 0 Å². The van der Waals surface area contributed by atoms with E-state index in [4.69, 9.17) is 9.05 Å². The van der Waals surface area contributed by atoms with E-state index in [2.05, 4.69) is 20.8 Å². The third-order valence-electron chi connectivity index (χ3n) is 2.36. The predicted octanol–water partition coefficient (Wildman–Crippen LogP) is 4.42. The Kier molecular flexibility index (Phi) is 19.6. The van der Waals surface area contributed by atoms with Crippen molar-refractivity contribution in [1.82, 2.24) is 0 Å². The Balaban J connectivity index is -0.00000112. The number of rotatable bonds is 11. The molecule has 0 aliphatic carbocycles. The lowest BCUT2D eigenvalue weighted by Crippen LogP contribution is -2.03. The van der Waals surface area contributed by atoms with Gasteiger partial charge in [0.05, 0.1) is 19.4 Å². The molecule has 0 saturated carbocycles. The second-order valence-electron chi connectivity index (χ2n) is 4.06. The molecular weight excluding hydrogens is 251 g/mol. The highest BCUT2D eigenvalue weighted by molar-refractivity contribution is 7.53. The third-order valence-corrected chi connectivity index (χ3v) is 4.37. The zero-order chi connectivity index (χ0) is 12.3. The maximum atomic E-state index is 12.3. The van der Waals surface area contributed by atoms with Crippen LogP contribution in [-0.2, 0) is 13.6 Å². The fourth-order valence-corrected chi connectivity index (χ4v) is 3.06. The molecule has 2 N–H and O–H groups in total. The van der Waals surface area contributed by atoms with Crippen LogP contribution >= 0.6 is 7.60 Å². The molecule has 0 fully saturated rings. The summed E-state index contributed by atoms with van der Waals surface area (Å²) in [7, 11) is -2.80.